The zero-order valence-electron chi connectivity index (χ0n) is 18.4. The van der Waals surface area contributed by atoms with Crippen LogP contribution in [-0.4, -0.2) is 40.4 Å². The van der Waals surface area contributed by atoms with E-state index < -0.39 is 10.0 Å². The zero-order valence-corrected chi connectivity index (χ0v) is 20.0. The number of sulfonamides is 1. The number of nitrogens with zero attached hydrogens (tertiary/aromatic N) is 4. The van der Waals surface area contributed by atoms with Gasteiger partial charge in [-0.2, -0.15) is 4.31 Å². The van der Waals surface area contributed by atoms with Crippen LogP contribution in [0.1, 0.15) is 37.1 Å². The molecule has 2 aromatic carbocycles. The Morgan fingerprint density at radius 2 is 1.91 bits per heavy atom. The maximum absolute atomic E-state index is 13.6. The maximum Gasteiger partial charge on any atom is 0.247 e. The number of benzene rings is 2. The molecule has 2 heterocycles. The Labute approximate surface area is 194 Å². The Bertz CT molecular complexity index is 1190. The van der Waals surface area contributed by atoms with Crippen LogP contribution in [-0.2, 0) is 23.1 Å². The molecule has 0 amide bonds. The molecule has 0 bridgehead atoms. The van der Waals surface area contributed by atoms with Crippen molar-refractivity contribution >= 4 is 21.6 Å². The summed E-state index contributed by atoms with van der Waals surface area (Å²) in [4.78, 5) is 0.0864. The van der Waals surface area contributed by atoms with Gasteiger partial charge in [0.2, 0.25) is 10.0 Å². The van der Waals surface area contributed by atoms with E-state index in [-0.39, 0.29) is 24.1 Å². The Hall–Kier alpha value is -2.42. The summed E-state index contributed by atoms with van der Waals surface area (Å²) < 4.78 is 36.4. The Morgan fingerprint density at radius 3 is 2.62 bits per heavy atom. The molecule has 0 saturated carbocycles. The van der Waals surface area contributed by atoms with Gasteiger partial charge in [-0.15, -0.1) is 5.10 Å². The second-order valence-corrected chi connectivity index (χ2v) is 10.9. The standard InChI is InChI=1S/C23H27ClN4O3S/c1-16(2)10-21-15-31-22-9-8-19(24)11-23(22)32(29,30)28(21)14-20-13-27(26-25-20)12-18-6-4-17(3)5-7-18/h4-9,11,13,16,21H,10,12,14-15H2,1-3H3/t21-/m0/s1. The first kappa shape index (κ1) is 22.8. The summed E-state index contributed by atoms with van der Waals surface area (Å²) in [6.45, 7) is 7.13. The van der Waals surface area contributed by atoms with Crippen LogP contribution in [0.4, 0.5) is 0 Å². The molecule has 4 rings (SSSR count). The first-order valence-electron chi connectivity index (χ1n) is 10.6. The van der Waals surface area contributed by atoms with Gasteiger partial charge in [-0.1, -0.05) is 60.5 Å². The van der Waals surface area contributed by atoms with Crippen molar-refractivity contribution in [3.05, 3.63) is 70.5 Å². The molecule has 0 radical (unpaired) electrons. The lowest BCUT2D eigenvalue weighted by Crippen LogP contribution is -2.42. The van der Waals surface area contributed by atoms with Crippen molar-refractivity contribution in [2.75, 3.05) is 6.61 Å². The summed E-state index contributed by atoms with van der Waals surface area (Å²) in [6, 6.07) is 12.6. The van der Waals surface area contributed by atoms with Gasteiger partial charge in [0.1, 0.15) is 17.3 Å². The second kappa shape index (κ2) is 9.21. The van der Waals surface area contributed by atoms with Crippen LogP contribution < -0.4 is 4.74 Å². The molecule has 9 heteroatoms. The van der Waals surface area contributed by atoms with Crippen molar-refractivity contribution in [1.82, 2.24) is 19.3 Å². The van der Waals surface area contributed by atoms with E-state index in [1.54, 1.807) is 23.0 Å². The van der Waals surface area contributed by atoms with Gasteiger partial charge in [-0.25, -0.2) is 13.1 Å². The molecule has 0 unspecified atom stereocenters. The number of halogens is 1. The van der Waals surface area contributed by atoms with E-state index in [1.807, 2.05) is 19.1 Å². The molecule has 0 aliphatic carbocycles. The van der Waals surface area contributed by atoms with Crippen LogP contribution >= 0.6 is 11.6 Å². The van der Waals surface area contributed by atoms with Crippen LogP contribution in [0.15, 0.2) is 53.6 Å². The molecule has 0 fully saturated rings. The summed E-state index contributed by atoms with van der Waals surface area (Å²) >= 11 is 6.11. The monoisotopic (exact) mass is 474 g/mol. The third-order valence-corrected chi connectivity index (χ3v) is 7.60. The molecule has 0 spiro atoms. The zero-order chi connectivity index (χ0) is 22.9. The number of aromatic nitrogens is 3. The highest BCUT2D eigenvalue weighted by atomic mass is 35.5. The summed E-state index contributed by atoms with van der Waals surface area (Å²) in [6.07, 6.45) is 2.46. The average Bonchev–Trinajstić information content (AvgIpc) is 3.15. The Morgan fingerprint density at radius 1 is 1.16 bits per heavy atom. The molecule has 1 aromatic heterocycles. The van der Waals surface area contributed by atoms with Gasteiger partial charge in [0.05, 0.1) is 31.0 Å². The van der Waals surface area contributed by atoms with Crippen LogP contribution in [0.2, 0.25) is 5.02 Å². The van der Waals surface area contributed by atoms with Gasteiger partial charge < -0.3 is 4.74 Å². The Balaban J connectivity index is 1.63. The SMILES string of the molecule is Cc1ccc(Cn2cc(CN3[C@@H](CC(C)C)COc4ccc(Cl)cc4S3(=O)=O)nn2)cc1. The third-order valence-electron chi connectivity index (χ3n) is 5.44. The highest BCUT2D eigenvalue weighted by Crippen LogP contribution is 2.35. The maximum atomic E-state index is 13.6. The fourth-order valence-corrected chi connectivity index (χ4v) is 5.85. The lowest BCUT2D eigenvalue weighted by atomic mass is 10.0. The molecule has 0 saturated heterocycles. The molecule has 32 heavy (non-hydrogen) atoms. The first-order valence-corrected chi connectivity index (χ1v) is 12.4. The quantitative estimate of drug-likeness (QED) is 0.532. The average molecular weight is 475 g/mol. The van der Waals surface area contributed by atoms with E-state index in [4.69, 9.17) is 16.3 Å². The Kier molecular flexibility index (Phi) is 6.55. The third kappa shape index (κ3) is 4.98. The number of ether oxygens (including phenoxy) is 1. The highest BCUT2D eigenvalue weighted by molar-refractivity contribution is 7.89. The van der Waals surface area contributed by atoms with E-state index in [0.717, 1.165) is 5.56 Å². The summed E-state index contributed by atoms with van der Waals surface area (Å²) in [5.74, 6) is 0.622. The van der Waals surface area contributed by atoms with E-state index in [0.29, 0.717) is 35.3 Å². The van der Waals surface area contributed by atoms with Crippen LogP contribution in [0.5, 0.6) is 5.75 Å². The first-order chi connectivity index (χ1) is 15.2. The second-order valence-electron chi connectivity index (χ2n) is 8.63. The van der Waals surface area contributed by atoms with E-state index in [1.165, 1.54) is 15.9 Å². The molecular weight excluding hydrogens is 448 g/mol. The number of hydrogen-bond acceptors (Lipinski definition) is 5. The normalized spacial score (nSPS) is 18.2. The molecule has 1 aliphatic heterocycles. The lowest BCUT2D eigenvalue weighted by molar-refractivity contribution is 0.186. The minimum Gasteiger partial charge on any atom is -0.490 e. The number of hydrogen-bond donors (Lipinski definition) is 0. The number of aryl methyl sites for hydroxylation is 1. The van der Waals surface area contributed by atoms with Crippen LogP contribution in [0.25, 0.3) is 0 Å². The molecule has 1 aliphatic rings. The minimum atomic E-state index is -3.84. The summed E-state index contributed by atoms with van der Waals surface area (Å²) in [5, 5.41) is 8.80. The molecule has 1 atom stereocenters. The number of rotatable bonds is 6. The highest BCUT2D eigenvalue weighted by Gasteiger charge is 2.38. The summed E-state index contributed by atoms with van der Waals surface area (Å²) in [7, 11) is -3.84. The van der Waals surface area contributed by atoms with Crippen molar-refractivity contribution in [3.63, 3.8) is 0 Å². The van der Waals surface area contributed by atoms with Gasteiger partial charge in [0.15, 0.2) is 0 Å². The lowest BCUT2D eigenvalue weighted by Gasteiger charge is -2.28. The fourth-order valence-electron chi connectivity index (χ4n) is 3.87. The van der Waals surface area contributed by atoms with Gasteiger partial charge in [0.25, 0.3) is 0 Å². The molecule has 170 valence electrons. The summed E-state index contributed by atoms with van der Waals surface area (Å²) in [5.41, 5.74) is 2.88. The minimum absolute atomic E-state index is 0.0864. The smallest absolute Gasteiger partial charge is 0.247 e. The van der Waals surface area contributed by atoms with Gasteiger partial charge in [-0.05, 0) is 43.0 Å². The van der Waals surface area contributed by atoms with Gasteiger partial charge >= 0.3 is 0 Å². The van der Waals surface area contributed by atoms with Crippen molar-refractivity contribution in [2.45, 2.75) is 51.2 Å². The van der Waals surface area contributed by atoms with E-state index in [9.17, 15) is 8.42 Å². The van der Waals surface area contributed by atoms with E-state index >= 15 is 0 Å². The molecule has 3 aromatic rings. The fraction of sp³-hybridized carbons (Fsp3) is 0.391. The van der Waals surface area contributed by atoms with Crippen LogP contribution in [0, 0.1) is 12.8 Å². The predicted octanol–water partition coefficient (Wildman–Crippen LogP) is 4.29. The van der Waals surface area contributed by atoms with Crippen LogP contribution in [0.3, 0.4) is 0 Å². The molecular formula is C23H27ClN4O3S. The van der Waals surface area contributed by atoms with E-state index in [2.05, 4.69) is 36.3 Å². The van der Waals surface area contributed by atoms with Gasteiger partial charge in [0, 0.05) is 5.02 Å². The molecule has 7 nitrogen and oxygen atoms in total. The molecule has 0 N–H and O–H groups in total. The number of fused-ring (bicyclic) bond motifs is 1. The van der Waals surface area contributed by atoms with Crippen molar-refractivity contribution in [2.24, 2.45) is 5.92 Å². The predicted molar refractivity (Wildman–Crippen MR) is 123 cm³/mol. The largest absolute Gasteiger partial charge is 0.490 e. The van der Waals surface area contributed by atoms with Crippen molar-refractivity contribution in [1.29, 1.82) is 0 Å². The van der Waals surface area contributed by atoms with Crippen molar-refractivity contribution in [3.8, 4) is 5.75 Å². The topological polar surface area (TPSA) is 77.3 Å². The van der Waals surface area contributed by atoms with Crippen molar-refractivity contribution < 1.29 is 13.2 Å². The van der Waals surface area contributed by atoms with Gasteiger partial charge in [-0.3, -0.25) is 0 Å².